The van der Waals surface area contributed by atoms with Crippen molar-refractivity contribution in [1.29, 1.82) is 0 Å². The first-order chi connectivity index (χ1) is 9.87. The van der Waals surface area contributed by atoms with Crippen molar-refractivity contribution in [2.24, 2.45) is 5.92 Å². The van der Waals surface area contributed by atoms with Gasteiger partial charge >= 0.3 is 0 Å². The molecule has 0 spiro atoms. The molecule has 6 heteroatoms. The molecule has 2 N–H and O–H groups in total. The fourth-order valence-electron chi connectivity index (χ4n) is 2.40. The standard InChI is InChI=1S/C15H26N2O2S2/c1-11(2)10-12(3)17-21(18,19)15-7-6-14(20-15)8-9-16-13-4-5-13/h6-7,11-13,16-17H,4-5,8-10H2,1-3H3. The van der Waals surface area contributed by atoms with E-state index in [9.17, 15) is 8.42 Å². The Kier molecular flexibility index (Phi) is 5.82. The molecule has 0 aliphatic heterocycles. The van der Waals surface area contributed by atoms with Crippen molar-refractivity contribution in [3.8, 4) is 0 Å². The maximum absolute atomic E-state index is 12.3. The van der Waals surface area contributed by atoms with Crippen molar-refractivity contribution in [1.82, 2.24) is 10.0 Å². The lowest BCUT2D eigenvalue weighted by atomic mass is 10.1. The average Bonchev–Trinajstić information content (AvgIpc) is 3.03. The van der Waals surface area contributed by atoms with E-state index in [1.807, 2.05) is 13.0 Å². The summed E-state index contributed by atoms with van der Waals surface area (Å²) in [6.07, 6.45) is 4.31. The predicted octanol–water partition coefficient (Wildman–Crippen LogP) is 2.76. The van der Waals surface area contributed by atoms with Gasteiger partial charge in [0.25, 0.3) is 0 Å². The first-order valence-electron chi connectivity index (χ1n) is 7.71. The topological polar surface area (TPSA) is 58.2 Å². The molecular formula is C15H26N2O2S2. The first kappa shape index (κ1) is 16.9. The minimum Gasteiger partial charge on any atom is -0.314 e. The summed E-state index contributed by atoms with van der Waals surface area (Å²) in [6.45, 7) is 7.05. The molecule has 0 saturated heterocycles. The lowest BCUT2D eigenvalue weighted by molar-refractivity contribution is 0.483. The van der Waals surface area contributed by atoms with Gasteiger partial charge in [-0.1, -0.05) is 13.8 Å². The van der Waals surface area contributed by atoms with E-state index >= 15 is 0 Å². The summed E-state index contributed by atoms with van der Waals surface area (Å²) in [7, 11) is -3.37. The quantitative estimate of drug-likeness (QED) is 0.732. The van der Waals surface area contributed by atoms with E-state index in [1.165, 1.54) is 24.2 Å². The Morgan fingerprint density at radius 1 is 1.29 bits per heavy atom. The zero-order valence-electron chi connectivity index (χ0n) is 13.1. The van der Waals surface area contributed by atoms with Gasteiger partial charge < -0.3 is 5.32 Å². The molecule has 120 valence electrons. The van der Waals surface area contributed by atoms with Gasteiger partial charge in [-0.15, -0.1) is 11.3 Å². The number of hydrogen-bond acceptors (Lipinski definition) is 4. The molecule has 0 amide bonds. The number of rotatable bonds is 9. The van der Waals surface area contributed by atoms with E-state index in [2.05, 4.69) is 23.9 Å². The van der Waals surface area contributed by atoms with Gasteiger partial charge in [-0.25, -0.2) is 13.1 Å². The third-order valence-corrected chi connectivity index (χ3v) is 6.69. The molecule has 1 unspecified atom stereocenters. The van der Waals surface area contributed by atoms with Crippen LogP contribution in [0.1, 0.15) is 44.9 Å². The van der Waals surface area contributed by atoms with Crippen LogP contribution in [0.4, 0.5) is 0 Å². The molecule has 0 bridgehead atoms. The van der Waals surface area contributed by atoms with Crippen LogP contribution in [0.5, 0.6) is 0 Å². The zero-order valence-corrected chi connectivity index (χ0v) is 14.7. The Hall–Kier alpha value is -0.430. The molecule has 0 radical (unpaired) electrons. The fourth-order valence-corrected chi connectivity index (χ4v) is 5.03. The lowest BCUT2D eigenvalue weighted by Gasteiger charge is -2.15. The molecular weight excluding hydrogens is 304 g/mol. The van der Waals surface area contributed by atoms with Crippen LogP contribution in [-0.2, 0) is 16.4 Å². The third kappa shape index (κ3) is 5.70. The van der Waals surface area contributed by atoms with E-state index in [0.29, 0.717) is 16.2 Å². The van der Waals surface area contributed by atoms with Crippen LogP contribution >= 0.6 is 11.3 Å². The maximum atomic E-state index is 12.3. The molecule has 1 aliphatic carbocycles. The molecule has 1 aliphatic rings. The molecule has 1 fully saturated rings. The van der Waals surface area contributed by atoms with Crippen molar-refractivity contribution in [2.75, 3.05) is 6.54 Å². The molecule has 1 atom stereocenters. The molecule has 1 heterocycles. The van der Waals surface area contributed by atoms with E-state index in [-0.39, 0.29) is 6.04 Å². The summed E-state index contributed by atoms with van der Waals surface area (Å²) in [6, 6.07) is 4.33. The molecule has 1 aromatic heterocycles. The normalized spacial score (nSPS) is 17.3. The van der Waals surface area contributed by atoms with Crippen LogP contribution in [0.25, 0.3) is 0 Å². The molecule has 21 heavy (non-hydrogen) atoms. The van der Waals surface area contributed by atoms with Crippen LogP contribution < -0.4 is 10.0 Å². The van der Waals surface area contributed by atoms with E-state index < -0.39 is 10.0 Å². The largest absolute Gasteiger partial charge is 0.314 e. The first-order valence-corrected chi connectivity index (χ1v) is 10.0. The van der Waals surface area contributed by atoms with Crippen molar-refractivity contribution in [2.45, 2.75) is 62.7 Å². The smallest absolute Gasteiger partial charge is 0.250 e. The van der Waals surface area contributed by atoms with E-state index in [4.69, 9.17) is 0 Å². The van der Waals surface area contributed by atoms with Crippen LogP contribution in [-0.4, -0.2) is 27.0 Å². The van der Waals surface area contributed by atoms with Crippen molar-refractivity contribution >= 4 is 21.4 Å². The third-order valence-electron chi connectivity index (χ3n) is 3.46. The highest BCUT2D eigenvalue weighted by Gasteiger charge is 2.21. The second-order valence-corrected chi connectivity index (χ2v) is 9.46. The Morgan fingerprint density at radius 3 is 2.62 bits per heavy atom. The van der Waals surface area contributed by atoms with Gasteiger partial charge in [0.15, 0.2) is 0 Å². The summed E-state index contributed by atoms with van der Waals surface area (Å²) < 4.78 is 27.8. The van der Waals surface area contributed by atoms with Gasteiger partial charge in [-0.05, 0) is 50.7 Å². The van der Waals surface area contributed by atoms with Crippen molar-refractivity contribution in [3.63, 3.8) is 0 Å². The lowest BCUT2D eigenvalue weighted by Crippen LogP contribution is -2.33. The zero-order chi connectivity index (χ0) is 15.5. The summed E-state index contributed by atoms with van der Waals surface area (Å²) >= 11 is 1.38. The van der Waals surface area contributed by atoms with Gasteiger partial charge in [0.1, 0.15) is 4.21 Å². The van der Waals surface area contributed by atoms with Crippen LogP contribution in [0.15, 0.2) is 16.3 Å². The van der Waals surface area contributed by atoms with Crippen LogP contribution in [0.3, 0.4) is 0 Å². The summed E-state index contributed by atoms with van der Waals surface area (Å²) in [5.74, 6) is 0.482. The molecule has 2 rings (SSSR count). The van der Waals surface area contributed by atoms with E-state index in [1.54, 1.807) is 6.07 Å². The second kappa shape index (κ2) is 7.22. The number of thiophene rings is 1. The molecule has 1 saturated carbocycles. The van der Waals surface area contributed by atoms with Gasteiger partial charge in [0, 0.05) is 23.5 Å². The Morgan fingerprint density at radius 2 is 2.00 bits per heavy atom. The highest BCUT2D eigenvalue weighted by Crippen LogP contribution is 2.23. The molecule has 1 aromatic rings. The second-order valence-electron chi connectivity index (χ2n) is 6.35. The monoisotopic (exact) mass is 330 g/mol. The van der Waals surface area contributed by atoms with Gasteiger partial charge in [0.2, 0.25) is 10.0 Å². The number of sulfonamides is 1. The Bertz CT molecular complexity index is 548. The Balaban J connectivity index is 1.88. The van der Waals surface area contributed by atoms with Gasteiger partial charge in [0.05, 0.1) is 0 Å². The highest BCUT2D eigenvalue weighted by molar-refractivity contribution is 7.91. The van der Waals surface area contributed by atoms with E-state index in [0.717, 1.165) is 24.3 Å². The SMILES string of the molecule is CC(C)CC(C)NS(=O)(=O)c1ccc(CCNC2CC2)s1. The van der Waals surface area contributed by atoms with Crippen molar-refractivity contribution in [3.05, 3.63) is 17.0 Å². The Labute approximate surface area is 132 Å². The fraction of sp³-hybridized carbons (Fsp3) is 0.733. The summed E-state index contributed by atoms with van der Waals surface area (Å²) in [5, 5.41) is 3.45. The van der Waals surface area contributed by atoms with Crippen LogP contribution in [0, 0.1) is 5.92 Å². The minimum absolute atomic E-state index is 0.0305. The number of hydrogen-bond donors (Lipinski definition) is 2. The van der Waals surface area contributed by atoms with Crippen molar-refractivity contribution < 1.29 is 8.42 Å². The van der Waals surface area contributed by atoms with Gasteiger partial charge in [-0.2, -0.15) is 0 Å². The minimum atomic E-state index is -3.37. The number of nitrogens with one attached hydrogen (secondary N) is 2. The predicted molar refractivity (Wildman–Crippen MR) is 88.3 cm³/mol. The summed E-state index contributed by atoms with van der Waals surface area (Å²) in [5.41, 5.74) is 0. The molecule has 4 nitrogen and oxygen atoms in total. The van der Waals surface area contributed by atoms with Crippen LogP contribution in [0.2, 0.25) is 0 Å². The molecule has 0 aromatic carbocycles. The highest BCUT2D eigenvalue weighted by atomic mass is 32.2. The average molecular weight is 331 g/mol. The summed E-state index contributed by atoms with van der Waals surface area (Å²) in [4.78, 5) is 1.13. The maximum Gasteiger partial charge on any atom is 0.250 e. The van der Waals surface area contributed by atoms with Gasteiger partial charge in [-0.3, -0.25) is 0 Å².